The lowest BCUT2D eigenvalue weighted by Gasteiger charge is -2.34. The molecule has 3 rings (SSSR count). The zero-order valence-electron chi connectivity index (χ0n) is 13.3. The summed E-state index contributed by atoms with van der Waals surface area (Å²) in [6.07, 6.45) is 10.9. The summed E-state index contributed by atoms with van der Waals surface area (Å²) in [4.78, 5) is 0. The van der Waals surface area contributed by atoms with E-state index in [2.05, 4.69) is 31.1 Å². The third-order valence-electron chi connectivity index (χ3n) is 4.77. The minimum atomic E-state index is -1.36. The Kier molecular flexibility index (Phi) is 3.77. The Labute approximate surface area is 124 Å². The van der Waals surface area contributed by atoms with Crippen molar-refractivity contribution >= 4 is 8.07 Å². The van der Waals surface area contributed by atoms with Crippen LogP contribution in [0.25, 0.3) is 0 Å². The van der Waals surface area contributed by atoms with E-state index in [1.165, 1.54) is 32.1 Å². The van der Waals surface area contributed by atoms with Gasteiger partial charge in [0.05, 0.1) is 0 Å². The summed E-state index contributed by atoms with van der Waals surface area (Å²) in [5, 5.41) is 0. The predicted molar refractivity (Wildman–Crippen MR) is 84.1 cm³/mol. The van der Waals surface area contributed by atoms with Crippen molar-refractivity contribution in [1.29, 1.82) is 0 Å². The summed E-state index contributed by atoms with van der Waals surface area (Å²) < 4.78 is 13.1. The number of hydrogen-bond donors (Lipinski definition) is 0. The first-order valence-electron chi connectivity index (χ1n) is 8.36. The lowest BCUT2D eigenvalue weighted by Crippen LogP contribution is -2.42. The van der Waals surface area contributed by atoms with Crippen molar-refractivity contribution in [1.82, 2.24) is 0 Å². The lowest BCUT2D eigenvalue weighted by molar-refractivity contribution is -0.200. The molecule has 3 heteroatoms. The van der Waals surface area contributed by atoms with Crippen molar-refractivity contribution in [3.8, 4) is 11.5 Å². The second-order valence-corrected chi connectivity index (χ2v) is 12.6. The molecular weight excluding hydrogens is 264 g/mol. The van der Waals surface area contributed by atoms with Gasteiger partial charge in [-0.05, 0) is 32.1 Å². The fourth-order valence-electron chi connectivity index (χ4n) is 3.77. The quantitative estimate of drug-likeness (QED) is 0.491. The van der Waals surface area contributed by atoms with Gasteiger partial charge < -0.3 is 9.47 Å². The molecule has 0 aromatic heterocycles. The molecule has 0 unspecified atom stereocenters. The van der Waals surface area contributed by atoms with Gasteiger partial charge in [0, 0.05) is 12.8 Å². The third kappa shape index (κ3) is 2.84. The highest BCUT2D eigenvalue weighted by Crippen LogP contribution is 2.50. The van der Waals surface area contributed by atoms with Crippen LogP contribution in [0, 0.1) is 11.5 Å². The largest absolute Gasteiger partial charge is 0.343 e. The molecule has 3 aliphatic rings. The molecular formula is C17H28O2Si. The van der Waals surface area contributed by atoms with Gasteiger partial charge >= 0.3 is 0 Å². The maximum Gasteiger partial charge on any atom is 0.171 e. The molecule has 2 nitrogen and oxygen atoms in total. The monoisotopic (exact) mass is 292 g/mol. The molecule has 0 aromatic carbocycles. The molecule has 0 N–H and O–H groups in total. The van der Waals surface area contributed by atoms with Crippen molar-refractivity contribution < 1.29 is 9.47 Å². The molecule has 2 saturated carbocycles. The van der Waals surface area contributed by atoms with E-state index < -0.39 is 8.07 Å². The van der Waals surface area contributed by atoms with E-state index in [1.807, 2.05) is 0 Å². The molecule has 20 heavy (non-hydrogen) atoms. The molecule has 0 amide bonds. The van der Waals surface area contributed by atoms with Crippen molar-refractivity contribution in [2.45, 2.75) is 94.9 Å². The van der Waals surface area contributed by atoms with Gasteiger partial charge in [0.25, 0.3) is 0 Å². The average Bonchev–Trinajstić information content (AvgIpc) is 2.70. The summed E-state index contributed by atoms with van der Waals surface area (Å²) >= 11 is 0. The molecule has 1 heterocycles. The van der Waals surface area contributed by atoms with Gasteiger partial charge in [-0.2, -0.15) is 0 Å². The molecule has 0 bridgehead atoms. The van der Waals surface area contributed by atoms with Gasteiger partial charge in [-0.15, -0.1) is 5.54 Å². The second kappa shape index (κ2) is 5.16. The Balaban J connectivity index is 1.87. The van der Waals surface area contributed by atoms with E-state index in [0.29, 0.717) is 0 Å². The Morgan fingerprint density at radius 1 is 0.950 bits per heavy atom. The van der Waals surface area contributed by atoms with Crippen molar-refractivity contribution in [2.75, 3.05) is 0 Å². The average molecular weight is 292 g/mol. The molecule has 2 aliphatic carbocycles. The molecule has 1 aliphatic heterocycles. The molecule has 0 radical (unpaired) electrons. The standard InChI is InChI=1S/C17H28O2Si/c1-20(2,3)14-13-16-10-8-5-9-15(16)18-17(19-16)11-6-4-7-12-17/h15H,4-12H2,1-3H3/t15-,16-/m1/s1. The minimum absolute atomic E-state index is 0.221. The molecule has 0 aromatic rings. The molecule has 1 saturated heterocycles. The van der Waals surface area contributed by atoms with Crippen LogP contribution in [-0.2, 0) is 9.47 Å². The maximum absolute atomic E-state index is 6.60. The van der Waals surface area contributed by atoms with Gasteiger partial charge in [0.15, 0.2) is 11.4 Å². The molecule has 3 fully saturated rings. The van der Waals surface area contributed by atoms with E-state index in [1.54, 1.807) is 0 Å². The number of rotatable bonds is 0. The van der Waals surface area contributed by atoms with Crippen LogP contribution in [0.1, 0.15) is 57.8 Å². The van der Waals surface area contributed by atoms with Gasteiger partial charge in [-0.1, -0.05) is 38.4 Å². The van der Waals surface area contributed by atoms with Gasteiger partial charge in [0.2, 0.25) is 0 Å². The number of hydrogen-bond acceptors (Lipinski definition) is 2. The van der Waals surface area contributed by atoms with Gasteiger partial charge in [-0.25, -0.2) is 0 Å². The Morgan fingerprint density at radius 3 is 2.35 bits per heavy atom. The first-order valence-corrected chi connectivity index (χ1v) is 11.9. The normalized spacial score (nSPS) is 36.2. The first-order chi connectivity index (χ1) is 9.43. The van der Waals surface area contributed by atoms with Gasteiger partial charge in [-0.3, -0.25) is 0 Å². The molecule has 1 spiro atoms. The van der Waals surface area contributed by atoms with E-state index in [-0.39, 0.29) is 17.5 Å². The number of fused-ring (bicyclic) bond motifs is 1. The maximum atomic E-state index is 6.60. The Bertz CT molecular complexity index is 422. The zero-order valence-corrected chi connectivity index (χ0v) is 14.3. The smallest absolute Gasteiger partial charge is 0.171 e. The van der Waals surface area contributed by atoms with Crippen LogP contribution in [0.4, 0.5) is 0 Å². The fourth-order valence-corrected chi connectivity index (χ4v) is 4.36. The van der Waals surface area contributed by atoms with E-state index in [0.717, 1.165) is 25.7 Å². The van der Waals surface area contributed by atoms with Gasteiger partial charge in [0.1, 0.15) is 14.2 Å². The fraction of sp³-hybridized carbons (Fsp3) is 0.882. The SMILES string of the molecule is C[Si](C)(C)C#C[C@]12CCCC[C@H]1OC1(CCCCC1)O2. The summed E-state index contributed by atoms with van der Waals surface area (Å²) in [5.41, 5.74) is 3.28. The topological polar surface area (TPSA) is 18.5 Å². The van der Waals surface area contributed by atoms with E-state index in [4.69, 9.17) is 9.47 Å². The summed E-state index contributed by atoms with van der Waals surface area (Å²) in [6.45, 7) is 6.92. The van der Waals surface area contributed by atoms with Crippen LogP contribution in [0.15, 0.2) is 0 Å². The molecule has 112 valence electrons. The predicted octanol–water partition coefficient (Wildman–Crippen LogP) is 4.26. The van der Waals surface area contributed by atoms with E-state index >= 15 is 0 Å². The summed E-state index contributed by atoms with van der Waals surface area (Å²) in [7, 11) is -1.36. The van der Waals surface area contributed by atoms with Crippen LogP contribution in [-0.4, -0.2) is 25.6 Å². The van der Waals surface area contributed by atoms with Crippen molar-refractivity contribution in [3.05, 3.63) is 0 Å². The third-order valence-corrected chi connectivity index (χ3v) is 5.65. The number of ether oxygens (including phenoxy) is 2. The van der Waals surface area contributed by atoms with Crippen LogP contribution in [0.2, 0.25) is 19.6 Å². The summed E-state index contributed by atoms with van der Waals surface area (Å²) in [6, 6.07) is 0. The summed E-state index contributed by atoms with van der Waals surface area (Å²) in [5.74, 6) is 3.28. The highest BCUT2D eigenvalue weighted by atomic mass is 28.3. The lowest BCUT2D eigenvalue weighted by atomic mass is 9.83. The van der Waals surface area contributed by atoms with Crippen LogP contribution < -0.4 is 0 Å². The Morgan fingerprint density at radius 2 is 1.65 bits per heavy atom. The van der Waals surface area contributed by atoms with E-state index in [9.17, 15) is 0 Å². The zero-order chi connectivity index (χ0) is 14.3. The molecule has 2 atom stereocenters. The second-order valence-electron chi connectivity index (χ2n) is 7.82. The minimum Gasteiger partial charge on any atom is -0.343 e. The van der Waals surface area contributed by atoms with Crippen LogP contribution in [0.5, 0.6) is 0 Å². The van der Waals surface area contributed by atoms with Crippen molar-refractivity contribution in [3.63, 3.8) is 0 Å². The van der Waals surface area contributed by atoms with Crippen LogP contribution in [0.3, 0.4) is 0 Å². The highest BCUT2D eigenvalue weighted by Gasteiger charge is 2.57. The first kappa shape index (κ1) is 14.6. The highest BCUT2D eigenvalue weighted by molar-refractivity contribution is 6.83. The van der Waals surface area contributed by atoms with Crippen LogP contribution >= 0.6 is 0 Å². The Hall–Kier alpha value is -0.303. The van der Waals surface area contributed by atoms with Crippen molar-refractivity contribution in [2.24, 2.45) is 0 Å².